The molecule has 0 saturated carbocycles. The van der Waals surface area contributed by atoms with E-state index in [1.54, 1.807) is 69.0 Å². The number of carbonyl (C=O) groups excluding carboxylic acids is 1. The average Bonchev–Trinajstić information content (AvgIpc) is 2.94. The number of alkyl halides is 3. The number of hydrogen-bond acceptors (Lipinski definition) is 5. The van der Waals surface area contributed by atoms with Crippen molar-refractivity contribution in [2.24, 2.45) is 0 Å². The summed E-state index contributed by atoms with van der Waals surface area (Å²) in [4.78, 5) is 16.7. The molecule has 0 spiro atoms. The molecule has 7 nitrogen and oxygen atoms in total. The zero-order valence-corrected chi connectivity index (χ0v) is 26.3. The van der Waals surface area contributed by atoms with Gasteiger partial charge in [-0.05, 0) is 75.2 Å². The minimum absolute atomic E-state index is 0.0524. The van der Waals surface area contributed by atoms with Gasteiger partial charge in [0.25, 0.3) is 10.0 Å². The van der Waals surface area contributed by atoms with Crippen LogP contribution in [0.5, 0.6) is 0 Å². The van der Waals surface area contributed by atoms with Crippen LogP contribution in [-0.2, 0) is 20.9 Å². The molecule has 1 atom stereocenters. The van der Waals surface area contributed by atoms with Gasteiger partial charge in [-0.15, -0.1) is 0 Å². The second kappa shape index (κ2) is 11.7. The predicted octanol–water partition coefficient (Wildman–Crippen LogP) is 7.47. The molecule has 2 aliphatic heterocycles. The Morgan fingerprint density at radius 2 is 1.68 bits per heavy atom. The summed E-state index contributed by atoms with van der Waals surface area (Å²) in [6, 6.07) is 15.0. The van der Waals surface area contributed by atoms with Gasteiger partial charge in [0.15, 0.2) is 0 Å². The summed E-state index contributed by atoms with van der Waals surface area (Å²) in [6.45, 7) is 8.29. The van der Waals surface area contributed by atoms with E-state index in [-0.39, 0.29) is 34.6 Å². The minimum Gasteiger partial charge on any atom is -0.444 e. The van der Waals surface area contributed by atoms with Crippen molar-refractivity contribution in [3.8, 4) is 0 Å². The first-order chi connectivity index (χ1) is 20.5. The lowest BCUT2D eigenvalue weighted by atomic mass is 10.0. The van der Waals surface area contributed by atoms with Gasteiger partial charge in [0, 0.05) is 30.2 Å². The van der Waals surface area contributed by atoms with Crippen LogP contribution in [0.15, 0.2) is 65.6 Å². The maximum atomic E-state index is 14.1. The number of hydrogen-bond donors (Lipinski definition) is 0. The molecule has 1 amide bonds. The van der Waals surface area contributed by atoms with E-state index in [1.165, 1.54) is 34.7 Å². The molecule has 44 heavy (non-hydrogen) atoms. The van der Waals surface area contributed by atoms with Crippen LogP contribution in [-0.4, -0.2) is 57.2 Å². The molecule has 1 saturated heterocycles. The van der Waals surface area contributed by atoms with Crippen molar-refractivity contribution >= 4 is 51.2 Å². The van der Waals surface area contributed by atoms with Gasteiger partial charge in [0.2, 0.25) is 0 Å². The molecule has 0 bridgehead atoms. The Kier molecular flexibility index (Phi) is 8.41. The van der Waals surface area contributed by atoms with Crippen LogP contribution in [0, 0.1) is 6.92 Å². The SMILES string of the molecule is Cc1cccc(S(=O)(=O)N2C[C@@H]3CN(C(=O)OC(C)(C)C)CCN3c3ccc(/C=C/c4c(Cl)cccc4C(F)(F)F)cc32)c1. The molecule has 3 aromatic rings. The molecule has 234 valence electrons. The predicted molar refractivity (Wildman–Crippen MR) is 166 cm³/mol. The normalized spacial score (nSPS) is 17.5. The summed E-state index contributed by atoms with van der Waals surface area (Å²) in [5.41, 5.74) is 0.582. The molecule has 2 aliphatic rings. The number of anilines is 2. The Morgan fingerprint density at radius 3 is 2.36 bits per heavy atom. The number of amides is 1. The summed E-state index contributed by atoms with van der Waals surface area (Å²) in [5, 5.41) is -0.0524. The second-order valence-corrected chi connectivity index (χ2v) is 14.2. The smallest absolute Gasteiger partial charge is 0.417 e. The number of ether oxygens (including phenoxy) is 1. The highest BCUT2D eigenvalue weighted by atomic mass is 35.5. The van der Waals surface area contributed by atoms with Gasteiger partial charge >= 0.3 is 12.3 Å². The van der Waals surface area contributed by atoms with E-state index in [2.05, 4.69) is 4.90 Å². The van der Waals surface area contributed by atoms with Crippen LogP contribution in [0.1, 0.15) is 43.0 Å². The van der Waals surface area contributed by atoms with Crippen LogP contribution in [0.3, 0.4) is 0 Å². The number of rotatable bonds is 4. The third-order valence-electron chi connectivity index (χ3n) is 7.47. The quantitative estimate of drug-likeness (QED) is 0.275. The topological polar surface area (TPSA) is 70.2 Å². The van der Waals surface area contributed by atoms with Crippen molar-refractivity contribution in [1.82, 2.24) is 4.90 Å². The Hall–Kier alpha value is -3.70. The van der Waals surface area contributed by atoms with Gasteiger partial charge in [-0.2, -0.15) is 13.2 Å². The number of sulfonamides is 1. The van der Waals surface area contributed by atoms with Gasteiger partial charge in [0.1, 0.15) is 5.60 Å². The highest BCUT2D eigenvalue weighted by molar-refractivity contribution is 7.92. The van der Waals surface area contributed by atoms with Crippen molar-refractivity contribution in [2.75, 3.05) is 35.4 Å². The molecule has 0 radical (unpaired) electrons. The molecule has 3 aromatic carbocycles. The summed E-state index contributed by atoms with van der Waals surface area (Å²) < 4.78 is 76.1. The van der Waals surface area contributed by atoms with Crippen molar-refractivity contribution in [3.05, 3.63) is 87.9 Å². The molecule has 2 heterocycles. The number of piperazine rings is 1. The van der Waals surface area contributed by atoms with Crippen LogP contribution >= 0.6 is 11.6 Å². The summed E-state index contributed by atoms with van der Waals surface area (Å²) >= 11 is 6.14. The van der Waals surface area contributed by atoms with Gasteiger partial charge in [-0.25, -0.2) is 13.2 Å². The summed E-state index contributed by atoms with van der Waals surface area (Å²) in [5.74, 6) is 0. The van der Waals surface area contributed by atoms with Crippen LogP contribution in [0.2, 0.25) is 5.02 Å². The third-order valence-corrected chi connectivity index (χ3v) is 9.57. The number of carbonyl (C=O) groups is 1. The van der Waals surface area contributed by atoms with Crippen LogP contribution < -0.4 is 9.21 Å². The molecule has 0 aliphatic carbocycles. The summed E-state index contributed by atoms with van der Waals surface area (Å²) in [6.07, 6.45) is -2.29. The number of benzene rings is 3. The second-order valence-electron chi connectivity index (χ2n) is 11.9. The Balaban J connectivity index is 1.55. The molecule has 5 rings (SSSR count). The molecule has 12 heteroatoms. The fraction of sp³-hybridized carbons (Fsp3) is 0.344. The zero-order valence-electron chi connectivity index (χ0n) is 24.7. The standard InChI is InChI=1S/C32H33ClF3N3O4S/c1-21-7-5-8-24(17-21)44(41,42)39-20-23-19-37(30(40)43-31(2,3)4)15-16-38(23)28-14-12-22(18-29(28)39)11-13-25-26(32(34,35)36)9-6-10-27(25)33/h5-14,17-18,23H,15-16,19-20H2,1-4H3/b13-11+/t23-/m0/s1. The monoisotopic (exact) mass is 647 g/mol. The van der Waals surface area contributed by atoms with E-state index in [0.717, 1.165) is 11.6 Å². The number of aryl methyl sites for hydroxylation is 1. The molecule has 1 fully saturated rings. The fourth-order valence-corrected chi connectivity index (χ4v) is 7.31. The maximum absolute atomic E-state index is 14.1. The Morgan fingerprint density at radius 1 is 0.955 bits per heavy atom. The van der Waals surface area contributed by atoms with Gasteiger partial charge < -0.3 is 14.5 Å². The van der Waals surface area contributed by atoms with E-state index in [9.17, 15) is 26.4 Å². The first-order valence-electron chi connectivity index (χ1n) is 14.1. The van der Waals surface area contributed by atoms with E-state index in [4.69, 9.17) is 16.3 Å². The fourth-order valence-electron chi connectivity index (χ4n) is 5.46. The van der Waals surface area contributed by atoms with Crippen molar-refractivity contribution in [1.29, 1.82) is 0 Å². The average molecular weight is 648 g/mol. The number of halogens is 4. The third kappa shape index (κ3) is 6.53. The lowest BCUT2D eigenvalue weighted by Gasteiger charge is -2.49. The molecular formula is C32H33ClF3N3O4S. The van der Waals surface area contributed by atoms with Gasteiger partial charge in [0.05, 0.1) is 34.4 Å². The van der Waals surface area contributed by atoms with Gasteiger partial charge in [-0.3, -0.25) is 4.31 Å². The zero-order chi connectivity index (χ0) is 32.0. The van der Waals surface area contributed by atoms with E-state index in [0.29, 0.717) is 30.0 Å². The Labute approximate surface area is 260 Å². The minimum atomic E-state index is -4.60. The molecular weight excluding hydrogens is 615 g/mol. The first kappa shape index (κ1) is 31.7. The van der Waals surface area contributed by atoms with Crippen molar-refractivity contribution in [3.63, 3.8) is 0 Å². The lowest BCUT2D eigenvalue weighted by molar-refractivity contribution is -0.137. The van der Waals surface area contributed by atoms with Gasteiger partial charge in [-0.1, -0.05) is 48.0 Å². The number of fused-ring (bicyclic) bond motifs is 3. The Bertz CT molecular complexity index is 1720. The van der Waals surface area contributed by atoms with E-state index in [1.807, 2.05) is 0 Å². The van der Waals surface area contributed by atoms with Crippen LogP contribution in [0.4, 0.5) is 29.3 Å². The lowest BCUT2D eigenvalue weighted by Crippen LogP contribution is -2.61. The summed E-state index contributed by atoms with van der Waals surface area (Å²) in [7, 11) is -4.05. The first-order valence-corrected chi connectivity index (χ1v) is 15.9. The largest absolute Gasteiger partial charge is 0.444 e. The van der Waals surface area contributed by atoms with E-state index >= 15 is 0 Å². The van der Waals surface area contributed by atoms with Crippen molar-refractivity contribution < 1.29 is 31.1 Å². The van der Waals surface area contributed by atoms with Crippen LogP contribution in [0.25, 0.3) is 12.2 Å². The van der Waals surface area contributed by atoms with E-state index < -0.39 is 33.5 Å². The number of nitrogens with zero attached hydrogens (tertiary/aromatic N) is 3. The highest BCUT2D eigenvalue weighted by Crippen LogP contribution is 2.41. The molecule has 0 aromatic heterocycles. The van der Waals surface area contributed by atoms with Crippen molar-refractivity contribution in [2.45, 2.75) is 50.4 Å². The highest BCUT2D eigenvalue weighted by Gasteiger charge is 2.41. The molecule has 0 N–H and O–H groups in total. The maximum Gasteiger partial charge on any atom is 0.417 e. The molecule has 0 unspecified atom stereocenters.